The van der Waals surface area contributed by atoms with E-state index in [1.54, 1.807) is 0 Å². The molecule has 3 rings (SSSR count). The largest absolute Gasteiger partial charge is 0.416 e. The van der Waals surface area contributed by atoms with Crippen LogP contribution in [0, 0.1) is 6.92 Å². The van der Waals surface area contributed by atoms with E-state index < -0.39 is 11.7 Å². The van der Waals surface area contributed by atoms with E-state index in [1.807, 2.05) is 42.8 Å². The molecule has 0 aliphatic heterocycles. The Morgan fingerprint density at radius 2 is 1.50 bits per heavy atom. The Kier molecular flexibility index (Phi) is 5.91. The molecule has 1 heterocycles. The predicted octanol–water partition coefficient (Wildman–Crippen LogP) is 6.32. The van der Waals surface area contributed by atoms with Gasteiger partial charge in [-0.3, -0.25) is 0 Å². The molecule has 0 saturated carbocycles. The first-order valence-electron chi connectivity index (χ1n) is 8.54. The number of hydrogen-bond donors (Lipinski definition) is 0. The van der Waals surface area contributed by atoms with Crippen molar-refractivity contribution < 1.29 is 13.2 Å². The summed E-state index contributed by atoms with van der Waals surface area (Å²) < 4.78 is 39.9. The summed E-state index contributed by atoms with van der Waals surface area (Å²) >= 11 is 12.1. The van der Waals surface area contributed by atoms with Gasteiger partial charge < -0.3 is 9.47 Å². The van der Waals surface area contributed by atoms with E-state index in [-0.39, 0.29) is 0 Å². The lowest BCUT2D eigenvalue weighted by Gasteiger charge is -2.20. The van der Waals surface area contributed by atoms with Crippen LogP contribution in [0.2, 0.25) is 10.3 Å². The van der Waals surface area contributed by atoms with Crippen LogP contribution in [0.3, 0.4) is 0 Å². The molecule has 0 unspecified atom stereocenters. The lowest BCUT2D eigenvalue weighted by molar-refractivity contribution is -0.137. The van der Waals surface area contributed by atoms with Crippen LogP contribution in [0.25, 0.3) is 11.1 Å². The van der Waals surface area contributed by atoms with E-state index in [0.29, 0.717) is 23.4 Å². The summed E-state index contributed by atoms with van der Waals surface area (Å²) in [5.74, 6) is 0.751. The third-order valence-corrected chi connectivity index (χ3v) is 5.31. The molecule has 0 spiro atoms. The summed E-state index contributed by atoms with van der Waals surface area (Å²) in [4.78, 5) is 6.19. The highest BCUT2D eigenvalue weighted by Gasteiger charge is 2.29. The highest BCUT2D eigenvalue weighted by molar-refractivity contribution is 6.40. The molecule has 0 atom stereocenters. The standard InChI is InChI=1S/C20H18Cl2F3N3/c1-13-26-18(21)19(22)28(13)12-11-27(2)17-9-5-15(6-10-17)14-3-7-16(8-4-14)20(23,24)25/h3-10H,11-12H2,1-2H3. The second kappa shape index (κ2) is 8.05. The molecule has 3 aromatic rings. The van der Waals surface area contributed by atoms with Crippen molar-refractivity contribution in [1.29, 1.82) is 0 Å². The molecule has 0 radical (unpaired) electrons. The number of likely N-dealkylation sites (N-methyl/N-ethyl adjacent to an activating group) is 1. The van der Waals surface area contributed by atoms with Gasteiger partial charge in [0.1, 0.15) is 11.0 Å². The van der Waals surface area contributed by atoms with Crippen LogP contribution in [0.5, 0.6) is 0 Å². The summed E-state index contributed by atoms with van der Waals surface area (Å²) in [5.41, 5.74) is 1.92. The lowest BCUT2D eigenvalue weighted by Crippen LogP contribution is -2.23. The SMILES string of the molecule is Cc1nc(Cl)c(Cl)n1CCN(C)c1ccc(-c2ccc(C(F)(F)F)cc2)cc1. The maximum atomic E-state index is 12.7. The maximum absolute atomic E-state index is 12.7. The van der Waals surface area contributed by atoms with Gasteiger partial charge in [0.25, 0.3) is 0 Å². The molecule has 148 valence electrons. The molecule has 0 saturated heterocycles. The summed E-state index contributed by atoms with van der Waals surface area (Å²) in [7, 11) is 1.95. The number of imidazole rings is 1. The minimum absolute atomic E-state index is 0.294. The summed E-state index contributed by atoms with van der Waals surface area (Å²) in [5, 5.41) is 0.716. The minimum atomic E-state index is -4.33. The van der Waals surface area contributed by atoms with Crippen molar-refractivity contribution in [2.24, 2.45) is 0 Å². The first-order valence-corrected chi connectivity index (χ1v) is 9.29. The van der Waals surface area contributed by atoms with Gasteiger partial charge >= 0.3 is 6.18 Å². The van der Waals surface area contributed by atoms with Gasteiger partial charge in [-0.2, -0.15) is 13.2 Å². The minimum Gasteiger partial charge on any atom is -0.373 e. The lowest BCUT2D eigenvalue weighted by atomic mass is 10.0. The first-order chi connectivity index (χ1) is 13.2. The van der Waals surface area contributed by atoms with Gasteiger partial charge in [-0.05, 0) is 42.3 Å². The molecule has 0 bridgehead atoms. The van der Waals surface area contributed by atoms with Crippen LogP contribution in [0.1, 0.15) is 11.4 Å². The van der Waals surface area contributed by atoms with Crippen molar-refractivity contribution >= 4 is 28.9 Å². The van der Waals surface area contributed by atoms with Crippen molar-refractivity contribution in [3.63, 3.8) is 0 Å². The van der Waals surface area contributed by atoms with E-state index in [4.69, 9.17) is 23.2 Å². The normalized spacial score (nSPS) is 11.7. The molecule has 0 fully saturated rings. The smallest absolute Gasteiger partial charge is 0.373 e. The number of halogens is 5. The topological polar surface area (TPSA) is 21.1 Å². The maximum Gasteiger partial charge on any atom is 0.416 e. The van der Waals surface area contributed by atoms with Gasteiger partial charge in [0.15, 0.2) is 5.15 Å². The first kappa shape index (κ1) is 20.6. The van der Waals surface area contributed by atoms with E-state index in [2.05, 4.69) is 9.88 Å². The fraction of sp³-hybridized carbons (Fsp3) is 0.250. The molecule has 8 heteroatoms. The Labute approximate surface area is 171 Å². The van der Waals surface area contributed by atoms with E-state index in [9.17, 15) is 13.2 Å². The van der Waals surface area contributed by atoms with E-state index in [1.165, 1.54) is 12.1 Å². The molecule has 2 aromatic carbocycles. The number of hydrogen-bond acceptors (Lipinski definition) is 2. The highest BCUT2D eigenvalue weighted by Crippen LogP contribution is 2.31. The van der Waals surface area contributed by atoms with Crippen LogP contribution in [0.15, 0.2) is 48.5 Å². The van der Waals surface area contributed by atoms with Gasteiger partial charge in [0, 0.05) is 25.8 Å². The van der Waals surface area contributed by atoms with E-state index >= 15 is 0 Å². The Morgan fingerprint density at radius 1 is 0.964 bits per heavy atom. The van der Waals surface area contributed by atoms with E-state index in [0.717, 1.165) is 34.8 Å². The van der Waals surface area contributed by atoms with Gasteiger partial charge in [0.05, 0.1) is 5.56 Å². The van der Waals surface area contributed by atoms with Gasteiger partial charge in [-0.25, -0.2) is 4.98 Å². The molecule has 0 N–H and O–H groups in total. The van der Waals surface area contributed by atoms with Crippen LogP contribution in [-0.4, -0.2) is 23.1 Å². The van der Waals surface area contributed by atoms with Crippen LogP contribution >= 0.6 is 23.2 Å². The predicted molar refractivity (Wildman–Crippen MR) is 107 cm³/mol. The van der Waals surface area contributed by atoms with Crippen LogP contribution < -0.4 is 4.90 Å². The average Bonchev–Trinajstić information content (AvgIpc) is 2.91. The highest BCUT2D eigenvalue weighted by atomic mass is 35.5. The van der Waals surface area contributed by atoms with Crippen LogP contribution in [-0.2, 0) is 12.7 Å². The number of rotatable bonds is 5. The van der Waals surface area contributed by atoms with Gasteiger partial charge in [-0.15, -0.1) is 0 Å². The fourth-order valence-corrected chi connectivity index (χ4v) is 3.37. The zero-order valence-electron chi connectivity index (χ0n) is 15.3. The van der Waals surface area contributed by atoms with Crippen molar-refractivity contribution in [3.8, 4) is 11.1 Å². The molecule has 0 aliphatic carbocycles. The third-order valence-electron chi connectivity index (χ3n) is 4.57. The Morgan fingerprint density at radius 3 is 1.96 bits per heavy atom. The third kappa shape index (κ3) is 4.45. The Hall–Kier alpha value is -2.18. The molecule has 28 heavy (non-hydrogen) atoms. The quantitative estimate of drug-likeness (QED) is 0.474. The number of alkyl halides is 3. The molecular formula is C20H18Cl2F3N3. The zero-order valence-corrected chi connectivity index (χ0v) is 16.8. The molecule has 3 nitrogen and oxygen atoms in total. The summed E-state index contributed by atoms with van der Waals surface area (Å²) in [6.45, 7) is 3.16. The number of aromatic nitrogens is 2. The van der Waals surface area contributed by atoms with Crippen LogP contribution in [0.4, 0.5) is 18.9 Å². The number of anilines is 1. The van der Waals surface area contributed by atoms with Gasteiger partial charge in [0.2, 0.25) is 0 Å². The summed E-state index contributed by atoms with van der Waals surface area (Å²) in [6, 6.07) is 12.8. The number of nitrogens with zero attached hydrogens (tertiary/aromatic N) is 3. The molecular weight excluding hydrogens is 410 g/mol. The second-order valence-electron chi connectivity index (χ2n) is 6.44. The zero-order chi connectivity index (χ0) is 20.5. The summed E-state index contributed by atoms with van der Waals surface area (Å²) in [6.07, 6.45) is -4.33. The Balaban J connectivity index is 1.68. The van der Waals surface area contributed by atoms with Crippen molar-refractivity contribution in [2.75, 3.05) is 18.5 Å². The second-order valence-corrected chi connectivity index (χ2v) is 7.15. The molecule has 0 amide bonds. The van der Waals surface area contributed by atoms with Crippen molar-refractivity contribution in [2.45, 2.75) is 19.6 Å². The number of aryl methyl sites for hydroxylation is 1. The molecule has 1 aromatic heterocycles. The average molecular weight is 428 g/mol. The Bertz CT molecular complexity index is 949. The number of benzene rings is 2. The van der Waals surface area contributed by atoms with Crippen molar-refractivity contribution in [3.05, 3.63) is 70.2 Å². The molecule has 0 aliphatic rings. The monoisotopic (exact) mass is 427 g/mol. The van der Waals surface area contributed by atoms with Crippen molar-refractivity contribution in [1.82, 2.24) is 9.55 Å². The van der Waals surface area contributed by atoms with Gasteiger partial charge in [-0.1, -0.05) is 47.5 Å². The fourth-order valence-electron chi connectivity index (χ4n) is 2.90.